The zero-order valence-electron chi connectivity index (χ0n) is 18.7. The zero-order chi connectivity index (χ0) is 25.7. The summed E-state index contributed by atoms with van der Waals surface area (Å²) < 4.78 is 0. The molecule has 3 amide bonds. The van der Waals surface area contributed by atoms with Gasteiger partial charge in [0.2, 0.25) is 17.7 Å². The predicted molar refractivity (Wildman–Crippen MR) is 118 cm³/mol. The van der Waals surface area contributed by atoms with Crippen molar-refractivity contribution in [2.75, 3.05) is 12.0 Å². The van der Waals surface area contributed by atoms with Crippen LogP contribution < -0.4 is 21.7 Å². The van der Waals surface area contributed by atoms with E-state index in [1.165, 1.54) is 11.8 Å². The minimum absolute atomic E-state index is 0.0868. The van der Waals surface area contributed by atoms with Crippen molar-refractivity contribution in [1.82, 2.24) is 16.0 Å². The van der Waals surface area contributed by atoms with Crippen LogP contribution >= 0.6 is 11.8 Å². The van der Waals surface area contributed by atoms with Crippen molar-refractivity contribution in [3.8, 4) is 0 Å². The Hall–Kier alpha value is -2.87. The van der Waals surface area contributed by atoms with Crippen molar-refractivity contribution in [3.63, 3.8) is 0 Å². The summed E-state index contributed by atoms with van der Waals surface area (Å²) in [6.07, 6.45) is 0.430. The number of hydrogen-bond donors (Lipinski definition) is 7. The molecule has 13 nitrogen and oxygen atoms in total. The maximum Gasteiger partial charge on any atom is 0.326 e. The Morgan fingerprint density at radius 1 is 0.788 bits per heavy atom. The number of hydrogen-bond acceptors (Lipinski definition) is 8. The van der Waals surface area contributed by atoms with Crippen LogP contribution in [0.3, 0.4) is 0 Å². The number of carboxylic acids is 3. The van der Waals surface area contributed by atoms with E-state index in [2.05, 4.69) is 16.0 Å². The monoisotopic (exact) mass is 492 g/mol. The fraction of sp³-hybridized carbons (Fsp3) is 0.684. The summed E-state index contributed by atoms with van der Waals surface area (Å²) >= 11 is 1.36. The summed E-state index contributed by atoms with van der Waals surface area (Å²) in [6, 6.07) is -5.53. The van der Waals surface area contributed by atoms with Gasteiger partial charge in [-0.3, -0.25) is 24.0 Å². The van der Waals surface area contributed by atoms with Crippen LogP contribution in [0.4, 0.5) is 0 Å². The summed E-state index contributed by atoms with van der Waals surface area (Å²) in [5.74, 6) is -6.53. The van der Waals surface area contributed by atoms with E-state index in [1.54, 1.807) is 20.1 Å². The normalized spacial score (nSPS) is 14.5. The van der Waals surface area contributed by atoms with E-state index >= 15 is 0 Å². The third-order valence-electron chi connectivity index (χ3n) is 4.31. The Morgan fingerprint density at radius 2 is 1.27 bits per heavy atom. The highest BCUT2D eigenvalue weighted by Crippen LogP contribution is 2.08. The molecule has 33 heavy (non-hydrogen) atoms. The molecule has 0 saturated heterocycles. The minimum atomic E-state index is -1.61. The molecule has 188 valence electrons. The molecule has 0 aliphatic heterocycles. The average molecular weight is 493 g/mol. The first-order valence-electron chi connectivity index (χ1n) is 10.1. The molecule has 8 N–H and O–H groups in total. The Balaban J connectivity index is 5.50. The lowest BCUT2D eigenvalue weighted by Gasteiger charge is -2.25. The van der Waals surface area contributed by atoms with E-state index in [4.69, 9.17) is 15.9 Å². The first kappa shape index (κ1) is 30.1. The molecule has 4 unspecified atom stereocenters. The molecule has 0 heterocycles. The number of nitrogens with two attached hydrogens (primary N) is 1. The molecule has 0 radical (unpaired) electrons. The van der Waals surface area contributed by atoms with Gasteiger partial charge in [-0.05, 0) is 30.8 Å². The van der Waals surface area contributed by atoms with Gasteiger partial charge in [-0.1, -0.05) is 13.8 Å². The van der Waals surface area contributed by atoms with Crippen LogP contribution in [0.5, 0.6) is 0 Å². The molecule has 0 bridgehead atoms. The Labute approximate surface area is 195 Å². The number of amides is 3. The van der Waals surface area contributed by atoms with Crippen molar-refractivity contribution >= 4 is 47.4 Å². The van der Waals surface area contributed by atoms with Gasteiger partial charge in [0.15, 0.2) is 0 Å². The van der Waals surface area contributed by atoms with Gasteiger partial charge in [-0.15, -0.1) is 0 Å². The summed E-state index contributed by atoms with van der Waals surface area (Å²) in [5, 5.41) is 33.9. The van der Waals surface area contributed by atoms with Crippen molar-refractivity contribution in [2.45, 2.75) is 63.7 Å². The standard InChI is InChI=1S/C19H32N4O9S/c1-9(2)6-12(22-16(28)10(20)7-14(24)25)17(29)23-13(8-15(26)27)18(30)21-11(19(31)32)4-5-33-3/h9-13H,4-8,20H2,1-3H3,(H,21,30)(H,22,28)(H,23,29)(H,24,25)(H,26,27)(H,31,32). The van der Waals surface area contributed by atoms with Gasteiger partial charge in [-0.2, -0.15) is 11.8 Å². The lowest BCUT2D eigenvalue weighted by molar-refractivity contribution is -0.143. The number of carboxylic acid groups (broad SMARTS) is 3. The lowest BCUT2D eigenvalue weighted by Crippen LogP contribution is -2.57. The summed E-state index contributed by atoms with van der Waals surface area (Å²) in [4.78, 5) is 70.8. The molecular weight excluding hydrogens is 460 g/mol. The van der Waals surface area contributed by atoms with Crippen LogP contribution in [0.2, 0.25) is 0 Å². The first-order valence-corrected chi connectivity index (χ1v) is 11.5. The molecule has 0 spiro atoms. The van der Waals surface area contributed by atoms with E-state index in [-0.39, 0.29) is 18.8 Å². The second kappa shape index (κ2) is 15.1. The number of rotatable bonds is 16. The van der Waals surface area contributed by atoms with Gasteiger partial charge < -0.3 is 37.0 Å². The highest BCUT2D eigenvalue weighted by Gasteiger charge is 2.32. The van der Waals surface area contributed by atoms with E-state index < -0.39 is 72.6 Å². The molecule has 0 rings (SSSR count). The van der Waals surface area contributed by atoms with Crippen LogP contribution in [-0.2, 0) is 28.8 Å². The van der Waals surface area contributed by atoms with E-state index in [1.807, 2.05) is 0 Å². The second-order valence-corrected chi connectivity index (χ2v) is 8.72. The smallest absolute Gasteiger partial charge is 0.326 e. The molecule has 0 saturated carbocycles. The Bertz CT molecular complexity index is 732. The highest BCUT2D eigenvalue weighted by molar-refractivity contribution is 7.98. The van der Waals surface area contributed by atoms with Crippen molar-refractivity contribution in [2.24, 2.45) is 11.7 Å². The first-order chi connectivity index (χ1) is 15.3. The van der Waals surface area contributed by atoms with Gasteiger partial charge in [0.1, 0.15) is 18.1 Å². The molecule has 0 aliphatic rings. The minimum Gasteiger partial charge on any atom is -0.481 e. The SMILES string of the molecule is CSCCC(NC(=O)C(CC(=O)O)NC(=O)C(CC(C)C)NC(=O)C(N)CC(=O)O)C(=O)O. The quantitative estimate of drug-likeness (QED) is 0.133. The fourth-order valence-electron chi connectivity index (χ4n) is 2.68. The van der Waals surface area contributed by atoms with E-state index in [0.29, 0.717) is 5.75 Å². The molecule has 14 heteroatoms. The average Bonchev–Trinajstić information content (AvgIpc) is 2.68. The van der Waals surface area contributed by atoms with E-state index in [0.717, 1.165) is 0 Å². The molecule has 0 aliphatic carbocycles. The maximum atomic E-state index is 12.8. The molecule has 4 atom stereocenters. The van der Waals surface area contributed by atoms with Crippen LogP contribution in [0.25, 0.3) is 0 Å². The number of thioether (sulfide) groups is 1. The van der Waals surface area contributed by atoms with Gasteiger partial charge in [-0.25, -0.2) is 4.79 Å². The van der Waals surface area contributed by atoms with Crippen LogP contribution in [-0.4, -0.2) is 87.1 Å². The zero-order valence-corrected chi connectivity index (χ0v) is 19.5. The predicted octanol–water partition coefficient (Wildman–Crippen LogP) is -1.40. The molecule has 0 fully saturated rings. The van der Waals surface area contributed by atoms with Crippen molar-refractivity contribution in [1.29, 1.82) is 0 Å². The fourth-order valence-corrected chi connectivity index (χ4v) is 3.16. The van der Waals surface area contributed by atoms with Crippen molar-refractivity contribution in [3.05, 3.63) is 0 Å². The second-order valence-electron chi connectivity index (χ2n) is 7.74. The summed E-state index contributed by atoms with van der Waals surface area (Å²) in [7, 11) is 0. The van der Waals surface area contributed by atoms with E-state index in [9.17, 15) is 33.9 Å². The van der Waals surface area contributed by atoms with Gasteiger partial charge in [0, 0.05) is 0 Å². The number of carbonyl (C=O) groups is 6. The molecule has 0 aromatic carbocycles. The number of nitrogens with one attached hydrogen (secondary N) is 3. The molecule has 0 aromatic heterocycles. The van der Waals surface area contributed by atoms with Gasteiger partial charge in [0.05, 0.1) is 18.9 Å². The Morgan fingerprint density at radius 3 is 1.73 bits per heavy atom. The number of carbonyl (C=O) groups excluding carboxylic acids is 3. The summed E-state index contributed by atoms with van der Waals surface area (Å²) in [6.45, 7) is 3.49. The maximum absolute atomic E-state index is 12.8. The van der Waals surface area contributed by atoms with Gasteiger partial charge >= 0.3 is 17.9 Å². The highest BCUT2D eigenvalue weighted by atomic mass is 32.2. The largest absolute Gasteiger partial charge is 0.481 e. The number of aliphatic carboxylic acids is 3. The topological polar surface area (TPSA) is 225 Å². The molecular formula is C19H32N4O9S. The Kier molecular flexibility index (Phi) is 13.7. The molecule has 0 aromatic rings. The third kappa shape index (κ3) is 12.7. The van der Waals surface area contributed by atoms with Crippen LogP contribution in [0.1, 0.15) is 39.5 Å². The summed E-state index contributed by atoms with van der Waals surface area (Å²) in [5.41, 5.74) is 5.51. The third-order valence-corrected chi connectivity index (χ3v) is 4.95. The van der Waals surface area contributed by atoms with Crippen LogP contribution in [0, 0.1) is 5.92 Å². The van der Waals surface area contributed by atoms with Crippen LogP contribution in [0.15, 0.2) is 0 Å². The van der Waals surface area contributed by atoms with Gasteiger partial charge in [0.25, 0.3) is 0 Å². The van der Waals surface area contributed by atoms with Crippen molar-refractivity contribution < 1.29 is 44.1 Å². The lowest BCUT2D eigenvalue weighted by atomic mass is 10.0.